The van der Waals surface area contributed by atoms with Gasteiger partial charge in [0.1, 0.15) is 16.7 Å². The first-order chi connectivity index (χ1) is 13.0. The van der Waals surface area contributed by atoms with Crippen LogP contribution in [0.15, 0.2) is 29.2 Å². The third-order valence-corrected chi connectivity index (χ3v) is 6.10. The third kappa shape index (κ3) is 4.75. The fraction of sp³-hybridized carbons (Fsp3) is 0.421. The van der Waals surface area contributed by atoms with Gasteiger partial charge in [-0.25, -0.2) is 4.39 Å². The zero-order chi connectivity index (χ0) is 19.4. The van der Waals surface area contributed by atoms with Crippen LogP contribution >= 0.6 is 24.0 Å². The van der Waals surface area contributed by atoms with E-state index in [4.69, 9.17) is 12.2 Å². The van der Waals surface area contributed by atoms with Gasteiger partial charge in [0.25, 0.3) is 5.91 Å². The Balaban J connectivity index is 1.70. The molecule has 0 spiro atoms. The summed E-state index contributed by atoms with van der Waals surface area (Å²) >= 11 is 6.40. The second-order valence-electron chi connectivity index (χ2n) is 6.57. The number of aliphatic hydroxyl groups is 1. The van der Waals surface area contributed by atoms with Crippen molar-refractivity contribution in [2.24, 2.45) is 0 Å². The molecule has 8 heteroatoms. The number of nitrogens with zero attached hydrogens (tertiary/aromatic N) is 2. The highest BCUT2D eigenvalue weighted by molar-refractivity contribution is 8.26. The van der Waals surface area contributed by atoms with E-state index >= 15 is 0 Å². The molecule has 27 heavy (non-hydrogen) atoms. The Labute approximate surface area is 167 Å². The first-order valence-corrected chi connectivity index (χ1v) is 10.1. The van der Waals surface area contributed by atoms with E-state index in [0.29, 0.717) is 27.8 Å². The summed E-state index contributed by atoms with van der Waals surface area (Å²) in [5, 5.41) is 9.22. The molecule has 0 saturated carbocycles. The lowest BCUT2D eigenvalue weighted by Gasteiger charge is -2.36. The average Bonchev–Trinajstić information content (AvgIpc) is 2.90. The van der Waals surface area contributed by atoms with Gasteiger partial charge in [-0.2, -0.15) is 0 Å². The number of hydrogen-bond donors (Lipinski definition) is 1. The van der Waals surface area contributed by atoms with Crippen molar-refractivity contribution in [1.29, 1.82) is 0 Å². The summed E-state index contributed by atoms with van der Waals surface area (Å²) in [6.45, 7) is 0.566. The van der Waals surface area contributed by atoms with Gasteiger partial charge in [-0.05, 0) is 49.5 Å². The van der Waals surface area contributed by atoms with Gasteiger partial charge in [0.15, 0.2) is 0 Å². The Bertz CT molecular complexity index is 782. The number of carbonyl (C=O) groups is 2. The van der Waals surface area contributed by atoms with E-state index in [2.05, 4.69) is 0 Å². The molecule has 2 amide bonds. The van der Waals surface area contributed by atoms with Gasteiger partial charge in [-0.15, -0.1) is 0 Å². The molecule has 2 aliphatic rings. The Morgan fingerprint density at radius 3 is 2.96 bits per heavy atom. The maximum absolute atomic E-state index is 13.3. The lowest BCUT2D eigenvalue weighted by molar-refractivity contribution is -0.138. The van der Waals surface area contributed by atoms with Gasteiger partial charge >= 0.3 is 0 Å². The molecule has 1 unspecified atom stereocenters. The number of amides is 2. The molecule has 2 heterocycles. The Kier molecular flexibility index (Phi) is 6.62. The predicted molar refractivity (Wildman–Crippen MR) is 107 cm³/mol. The molecule has 144 valence electrons. The van der Waals surface area contributed by atoms with E-state index in [1.807, 2.05) is 0 Å². The summed E-state index contributed by atoms with van der Waals surface area (Å²) < 4.78 is 13.7. The van der Waals surface area contributed by atoms with E-state index in [1.54, 1.807) is 23.1 Å². The second kappa shape index (κ2) is 8.95. The molecular weight excluding hydrogens is 387 g/mol. The molecule has 2 aliphatic heterocycles. The number of thiocarbonyl (C=S) groups is 1. The molecule has 0 aliphatic carbocycles. The number of thioether (sulfide) groups is 1. The summed E-state index contributed by atoms with van der Waals surface area (Å²) in [5.74, 6) is -0.871. The number of aliphatic hydroxyl groups excluding tert-OH is 1. The quantitative estimate of drug-likeness (QED) is 0.600. The molecule has 2 saturated heterocycles. The van der Waals surface area contributed by atoms with Crippen molar-refractivity contribution in [2.45, 2.75) is 31.7 Å². The van der Waals surface area contributed by atoms with Crippen molar-refractivity contribution in [1.82, 2.24) is 9.80 Å². The zero-order valence-electron chi connectivity index (χ0n) is 14.8. The van der Waals surface area contributed by atoms with Crippen LogP contribution in [-0.2, 0) is 9.59 Å². The number of halogens is 1. The largest absolute Gasteiger partial charge is 0.396 e. The normalized spacial score (nSPS) is 22.0. The molecule has 0 bridgehead atoms. The molecule has 3 rings (SSSR count). The fourth-order valence-corrected chi connectivity index (χ4v) is 4.64. The summed E-state index contributed by atoms with van der Waals surface area (Å²) in [6, 6.07) is 5.96. The average molecular weight is 409 g/mol. The summed E-state index contributed by atoms with van der Waals surface area (Å²) in [7, 11) is 0. The van der Waals surface area contributed by atoms with Crippen LogP contribution in [0.1, 0.15) is 31.2 Å². The fourth-order valence-electron chi connectivity index (χ4n) is 3.39. The number of rotatable bonds is 5. The SMILES string of the molecule is O=C1/C(=C/c2cccc(F)c2)SC(=S)N1CC(=O)N1CCCCC1CCO. The minimum absolute atomic E-state index is 0.0116. The number of likely N-dealkylation sites (tertiary alicyclic amines) is 1. The molecule has 2 fully saturated rings. The lowest BCUT2D eigenvalue weighted by atomic mass is 9.99. The molecule has 1 N–H and O–H groups in total. The van der Waals surface area contributed by atoms with Crippen LogP contribution < -0.4 is 0 Å². The number of carbonyl (C=O) groups excluding carboxylic acids is 2. The topological polar surface area (TPSA) is 60.9 Å². The highest BCUT2D eigenvalue weighted by atomic mass is 32.2. The summed E-state index contributed by atoms with van der Waals surface area (Å²) in [6.07, 6.45) is 4.95. The van der Waals surface area contributed by atoms with Crippen LogP contribution in [0.25, 0.3) is 6.08 Å². The number of hydrogen-bond acceptors (Lipinski definition) is 5. The van der Waals surface area contributed by atoms with E-state index < -0.39 is 0 Å². The van der Waals surface area contributed by atoms with Gasteiger partial charge < -0.3 is 10.0 Å². The highest BCUT2D eigenvalue weighted by Crippen LogP contribution is 2.33. The standard InChI is InChI=1S/C19H21FN2O3S2/c20-14-5-3-4-13(10-14)11-16-18(25)22(19(26)27-16)12-17(24)21-8-2-1-6-15(21)7-9-23/h3-5,10-11,15,23H,1-2,6-9,12H2/b16-11-. The molecular formula is C19H21FN2O3S2. The monoisotopic (exact) mass is 408 g/mol. The van der Waals surface area contributed by atoms with Crippen molar-refractivity contribution >= 4 is 46.2 Å². The minimum Gasteiger partial charge on any atom is -0.396 e. The molecule has 1 aromatic rings. The zero-order valence-corrected chi connectivity index (χ0v) is 16.4. The van der Waals surface area contributed by atoms with Crippen molar-refractivity contribution < 1.29 is 19.1 Å². The van der Waals surface area contributed by atoms with Gasteiger partial charge in [0, 0.05) is 19.2 Å². The van der Waals surface area contributed by atoms with E-state index in [0.717, 1.165) is 31.0 Å². The molecule has 0 aromatic heterocycles. The smallest absolute Gasteiger partial charge is 0.266 e. The highest BCUT2D eigenvalue weighted by Gasteiger charge is 2.36. The van der Waals surface area contributed by atoms with Crippen molar-refractivity contribution in [3.05, 3.63) is 40.6 Å². The number of piperidine rings is 1. The van der Waals surface area contributed by atoms with Gasteiger partial charge in [0.05, 0.1) is 4.91 Å². The van der Waals surface area contributed by atoms with Gasteiger partial charge in [0.2, 0.25) is 5.91 Å². The maximum Gasteiger partial charge on any atom is 0.266 e. The number of benzene rings is 1. The molecule has 1 aromatic carbocycles. The summed E-state index contributed by atoms with van der Waals surface area (Å²) in [4.78, 5) is 28.9. The van der Waals surface area contributed by atoms with Crippen molar-refractivity contribution in [3.8, 4) is 0 Å². The van der Waals surface area contributed by atoms with E-state index in [-0.39, 0.29) is 36.8 Å². The lowest BCUT2D eigenvalue weighted by Crippen LogP contribution is -2.49. The van der Waals surface area contributed by atoms with Crippen LogP contribution in [0.5, 0.6) is 0 Å². The van der Waals surface area contributed by atoms with Crippen LogP contribution in [0.2, 0.25) is 0 Å². The Morgan fingerprint density at radius 1 is 1.41 bits per heavy atom. The van der Waals surface area contributed by atoms with Gasteiger partial charge in [-0.3, -0.25) is 14.5 Å². The van der Waals surface area contributed by atoms with Crippen LogP contribution in [0, 0.1) is 5.82 Å². The first kappa shape index (κ1) is 20.0. The van der Waals surface area contributed by atoms with Crippen LogP contribution in [0.4, 0.5) is 4.39 Å². The Morgan fingerprint density at radius 2 is 2.22 bits per heavy atom. The van der Waals surface area contributed by atoms with Crippen LogP contribution in [0.3, 0.4) is 0 Å². The van der Waals surface area contributed by atoms with E-state index in [9.17, 15) is 19.1 Å². The maximum atomic E-state index is 13.3. The van der Waals surface area contributed by atoms with Crippen LogP contribution in [-0.4, -0.2) is 56.8 Å². The van der Waals surface area contributed by atoms with Crippen molar-refractivity contribution in [2.75, 3.05) is 19.7 Å². The van der Waals surface area contributed by atoms with Crippen molar-refractivity contribution in [3.63, 3.8) is 0 Å². The first-order valence-electron chi connectivity index (χ1n) is 8.91. The second-order valence-corrected chi connectivity index (χ2v) is 8.25. The van der Waals surface area contributed by atoms with Gasteiger partial charge in [-0.1, -0.05) is 36.1 Å². The minimum atomic E-state index is -0.380. The molecule has 0 radical (unpaired) electrons. The third-order valence-electron chi connectivity index (χ3n) is 4.72. The molecule has 5 nitrogen and oxygen atoms in total. The summed E-state index contributed by atoms with van der Waals surface area (Å²) in [5.41, 5.74) is 0.570. The molecule has 1 atom stereocenters. The predicted octanol–water partition coefficient (Wildman–Crippen LogP) is 2.79. The van der Waals surface area contributed by atoms with E-state index in [1.165, 1.54) is 17.0 Å². The Hall–Kier alpha value is -1.77.